The van der Waals surface area contributed by atoms with Gasteiger partial charge in [-0.15, -0.1) is 0 Å². The zero-order valence-electron chi connectivity index (χ0n) is 18.7. The molecule has 0 unspecified atom stereocenters. The lowest BCUT2D eigenvalue weighted by molar-refractivity contribution is 0.587. The standard InChI is InChI=1S/C22H24N6O4S2/c1-14(2)33(29,30)19-7-5-4-6-17(19)25-21-20-18(12-13-28(20)3)26-22(27-21)24-15-8-10-16(11-9-15)34(23,31)32/h4-14H,1-3H3,(H2,23,31,32)(H2,24,25,26,27). The fourth-order valence-electron chi connectivity index (χ4n) is 3.39. The summed E-state index contributed by atoms with van der Waals surface area (Å²) >= 11 is 0. The SMILES string of the molecule is CC(C)S(=O)(=O)c1ccccc1Nc1nc(Nc2ccc(S(N)(=O)=O)cc2)nc2ccn(C)c12. The second kappa shape index (κ2) is 8.70. The first kappa shape index (κ1) is 23.7. The summed E-state index contributed by atoms with van der Waals surface area (Å²) in [5.41, 5.74) is 2.27. The van der Waals surface area contributed by atoms with Crippen LogP contribution in [-0.2, 0) is 26.9 Å². The molecule has 34 heavy (non-hydrogen) atoms. The summed E-state index contributed by atoms with van der Waals surface area (Å²) in [5, 5.41) is 10.8. The number of aromatic nitrogens is 3. The Balaban J connectivity index is 1.76. The van der Waals surface area contributed by atoms with E-state index in [1.165, 1.54) is 12.1 Å². The summed E-state index contributed by atoms with van der Waals surface area (Å²) in [4.78, 5) is 9.26. The fourth-order valence-corrected chi connectivity index (χ4v) is 5.11. The van der Waals surface area contributed by atoms with Crippen LogP contribution in [-0.4, -0.2) is 36.6 Å². The highest BCUT2D eigenvalue weighted by atomic mass is 32.2. The summed E-state index contributed by atoms with van der Waals surface area (Å²) in [6.45, 7) is 3.27. The van der Waals surface area contributed by atoms with Crippen LogP contribution in [0.15, 0.2) is 70.6 Å². The molecule has 178 valence electrons. The molecule has 0 radical (unpaired) electrons. The highest BCUT2D eigenvalue weighted by Crippen LogP contribution is 2.31. The molecule has 2 aromatic heterocycles. The minimum absolute atomic E-state index is 0.0113. The molecule has 0 saturated carbocycles. The average Bonchev–Trinajstić information content (AvgIpc) is 3.14. The number of sulfonamides is 1. The molecular weight excluding hydrogens is 476 g/mol. The van der Waals surface area contributed by atoms with E-state index in [0.717, 1.165) is 0 Å². The molecule has 4 aromatic rings. The van der Waals surface area contributed by atoms with Crippen LogP contribution in [0.4, 0.5) is 23.1 Å². The molecule has 0 fully saturated rings. The van der Waals surface area contributed by atoms with Crippen molar-refractivity contribution < 1.29 is 16.8 Å². The number of fused-ring (bicyclic) bond motifs is 1. The Morgan fingerprint density at radius 3 is 2.24 bits per heavy atom. The van der Waals surface area contributed by atoms with E-state index in [2.05, 4.69) is 20.6 Å². The van der Waals surface area contributed by atoms with Crippen molar-refractivity contribution in [3.8, 4) is 0 Å². The maximum atomic E-state index is 12.9. The third kappa shape index (κ3) is 4.60. The minimum Gasteiger partial charge on any atom is -0.346 e. The summed E-state index contributed by atoms with van der Waals surface area (Å²) in [7, 11) is -5.50. The van der Waals surface area contributed by atoms with Crippen LogP contribution in [0, 0.1) is 0 Å². The normalized spacial score (nSPS) is 12.3. The summed E-state index contributed by atoms with van der Waals surface area (Å²) in [6.07, 6.45) is 1.83. The van der Waals surface area contributed by atoms with E-state index in [1.807, 2.05) is 23.9 Å². The van der Waals surface area contributed by atoms with E-state index in [0.29, 0.717) is 28.2 Å². The van der Waals surface area contributed by atoms with E-state index >= 15 is 0 Å². The molecular formula is C22H24N6O4S2. The zero-order chi connectivity index (χ0) is 24.7. The maximum absolute atomic E-state index is 12.9. The number of para-hydroxylation sites is 1. The molecule has 0 saturated heterocycles. The predicted molar refractivity (Wildman–Crippen MR) is 132 cm³/mol. The van der Waals surface area contributed by atoms with Gasteiger partial charge in [0.05, 0.1) is 26.2 Å². The number of hydrogen-bond acceptors (Lipinski definition) is 8. The average molecular weight is 501 g/mol. The number of nitrogens with two attached hydrogens (primary N) is 1. The van der Waals surface area contributed by atoms with Crippen molar-refractivity contribution in [3.63, 3.8) is 0 Å². The molecule has 0 aliphatic rings. The molecule has 0 amide bonds. The fraction of sp³-hybridized carbons (Fsp3) is 0.182. The highest BCUT2D eigenvalue weighted by molar-refractivity contribution is 7.92. The molecule has 0 spiro atoms. The third-order valence-corrected chi connectivity index (χ3v) is 8.37. The Morgan fingerprint density at radius 1 is 0.912 bits per heavy atom. The number of nitrogens with one attached hydrogen (secondary N) is 2. The van der Waals surface area contributed by atoms with Gasteiger partial charge in [-0.05, 0) is 56.3 Å². The van der Waals surface area contributed by atoms with Gasteiger partial charge in [0.25, 0.3) is 0 Å². The topological polar surface area (TPSA) is 149 Å². The van der Waals surface area contributed by atoms with E-state index in [1.54, 1.807) is 50.2 Å². The smallest absolute Gasteiger partial charge is 0.238 e. The molecule has 0 aliphatic heterocycles. The molecule has 2 heterocycles. The first-order valence-electron chi connectivity index (χ1n) is 10.3. The van der Waals surface area contributed by atoms with Gasteiger partial charge >= 0.3 is 0 Å². The van der Waals surface area contributed by atoms with Gasteiger partial charge in [0.1, 0.15) is 5.52 Å². The predicted octanol–water partition coefficient (Wildman–Crippen LogP) is 3.29. The lowest BCUT2D eigenvalue weighted by Gasteiger charge is -2.16. The second-order valence-electron chi connectivity index (χ2n) is 7.97. The van der Waals surface area contributed by atoms with Crippen molar-refractivity contribution in [3.05, 3.63) is 60.8 Å². The Hall–Kier alpha value is -3.48. The Bertz CT molecular complexity index is 1580. The monoisotopic (exact) mass is 500 g/mol. The molecule has 0 bridgehead atoms. The van der Waals surface area contributed by atoms with Crippen molar-refractivity contribution in [1.29, 1.82) is 0 Å². The Labute approximate surface area is 197 Å². The van der Waals surface area contributed by atoms with Crippen LogP contribution in [0.3, 0.4) is 0 Å². The van der Waals surface area contributed by atoms with Gasteiger partial charge in [-0.3, -0.25) is 0 Å². The summed E-state index contributed by atoms with van der Waals surface area (Å²) in [6, 6.07) is 14.3. The molecule has 2 aromatic carbocycles. The molecule has 0 aliphatic carbocycles. The highest BCUT2D eigenvalue weighted by Gasteiger charge is 2.23. The third-order valence-electron chi connectivity index (χ3n) is 5.23. The number of hydrogen-bond donors (Lipinski definition) is 3. The lowest BCUT2D eigenvalue weighted by Crippen LogP contribution is -2.16. The number of benzene rings is 2. The van der Waals surface area contributed by atoms with Crippen LogP contribution in [0.25, 0.3) is 11.0 Å². The van der Waals surface area contributed by atoms with Gasteiger partial charge in [-0.25, -0.2) is 27.0 Å². The van der Waals surface area contributed by atoms with Gasteiger partial charge in [-0.2, -0.15) is 4.98 Å². The lowest BCUT2D eigenvalue weighted by atomic mass is 10.3. The quantitative estimate of drug-likeness (QED) is 0.350. The van der Waals surface area contributed by atoms with Crippen LogP contribution in [0.5, 0.6) is 0 Å². The largest absolute Gasteiger partial charge is 0.346 e. The number of aryl methyl sites for hydroxylation is 1. The first-order chi connectivity index (χ1) is 16.0. The van der Waals surface area contributed by atoms with Gasteiger partial charge in [0.2, 0.25) is 16.0 Å². The van der Waals surface area contributed by atoms with Gasteiger partial charge < -0.3 is 15.2 Å². The zero-order valence-corrected chi connectivity index (χ0v) is 20.4. The summed E-state index contributed by atoms with van der Waals surface area (Å²) in [5.74, 6) is 0.654. The molecule has 12 heteroatoms. The van der Waals surface area contributed by atoms with E-state index in [4.69, 9.17) is 5.14 Å². The number of rotatable bonds is 7. The van der Waals surface area contributed by atoms with Crippen molar-refractivity contribution in [2.45, 2.75) is 28.9 Å². The van der Waals surface area contributed by atoms with Crippen molar-refractivity contribution in [1.82, 2.24) is 14.5 Å². The van der Waals surface area contributed by atoms with Crippen LogP contribution >= 0.6 is 0 Å². The summed E-state index contributed by atoms with van der Waals surface area (Å²) < 4.78 is 50.6. The van der Waals surface area contributed by atoms with E-state index in [-0.39, 0.29) is 15.7 Å². The number of sulfone groups is 1. The van der Waals surface area contributed by atoms with Crippen molar-refractivity contribution >= 4 is 54.0 Å². The molecule has 4 rings (SSSR count). The second-order valence-corrected chi connectivity index (χ2v) is 12.0. The molecule has 4 N–H and O–H groups in total. The van der Waals surface area contributed by atoms with Crippen LogP contribution < -0.4 is 15.8 Å². The van der Waals surface area contributed by atoms with E-state index in [9.17, 15) is 16.8 Å². The van der Waals surface area contributed by atoms with Crippen LogP contribution in [0.1, 0.15) is 13.8 Å². The van der Waals surface area contributed by atoms with Crippen LogP contribution in [0.2, 0.25) is 0 Å². The number of nitrogens with zero attached hydrogens (tertiary/aromatic N) is 3. The molecule has 10 nitrogen and oxygen atoms in total. The van der Waals surface area contributed by atoms with E-state index < -0.39 is 25.1 Å². The molecule has 0 atom stereocenters. The van der Waals surface area contributed by atoms with Crippen molar-refractivity contribution in [2.75, 3.05) is 10.6 Å². The maximum Gasteiger partial charge on any atom is 0.238 e. The minimum atomic E-state index is -3.80. The van der Waals surface area contributed by atoms with Gasteiger partial charge in [0, 0.05) is 18.9 Å². The Kier molecular flexibility index (Phi) is 6.06. The van der Waals surface area contributed by atoms with Gasteiger partial charge in [0.15, 0.2) is 15.7 Å². The Morgan fingerprint density at radius 2 is 1.59 bits per heavy atom. The first-order valence-corrected chi connectivity index (χ1v) is 13.4. The van der Waals surface area contributed by atoms with Crippen molar-refractivity contribution in [2.24, 2.45) is 12.2 Å². The number of primary sulfonamides is 1. The number of anilines is 4. The van der Waals surface area contributed by atoms with Gasteiger partial charge in [-0.1, -0.05) is 12.1 Å².